The molecule has 0 bridgehead atoms. The van der Waals surface area contributed by atoms with Gasteiger partial charge in [0, 0.05) is 31.6 Å². The summed E-state index contributed by atoms with van der Waals surface area (Å²) in [5, 5.41) is 10.5. The third-order valence-electron chi connectivity index (χ3n) is 5.00. The molecule has 1 amide bonds. The fourth-order valence-electron chi connectivity index (χ4n) is 3.55. The highest BCUT2D eigenvalue weighted by Crippen LogP contribution is 2.24. The van der Waals surface area contributed by atoms with E-state index < -0.39 is 0 Å². The topological polar surface area (TPSA) is 61.0 Å². The van der Waals surface area contributed by atoms with Gasteiger partial charge in [0.05, 0.1) is 5.69 Å². The second kappa shape index (κ2) is 8.18. The van der Waals surface area contributed by atoms with Crippen molar-refractivity contribution in [2.75, 3.05) is 11.9 Å². The standard InChI is InChI=1S/C22H24N4O/c27-21(12-11-17-7-3-1-4-8-17)23-22-19-13-14-26(16-20(19)24-25-22)15-18-9-5-2-6-10-18/h1-10H,11-16H2,(H2,23,24,25,27). The van der Waals surface area contributed by atoms with Gasteiger partial charge in [-0.25, -0.2) is 0 Å². The number of benzene rings is 2. The average molecular weight is 360 g/mol. The third-order valence-corrected chi connectivity index (χ3v) is 5.00. The summed E-state index contributed by atoms with van der Waals surface area (Å²) in [7, 11) is 0. The summed E-state index contributed by atoms with van der Waals surface area (Å²) in [4.78, 5) is 14.7. The molecule has 1 aliphatic rings. The molecule has 1 aromatic heterocycles. The van der Waals surface area contributed by atoms with Crippen molar-refractivity contribution in [1.82, 2.24) is 15.1 Å². The molecule has 0 radical (unpaired) electrons. The Morgan fingerprint density at radius 3 is 2.48 bits per heavy atom. The molecule has 2 heterocycles. The zero-order valence-electron chi connectivity index (χ0n) is 15.3. The average Bonchev–Trinajstić information content (AvgIpc) is 3.10. The van der Waals surface area contributed by atoms with Crippen LogP contribution < -0.4 is 5.32 Å². The van der Waals surface area contributed by atoms with E-state index >= 15 is 0 Å². The monoisotopic (exact) mass is 360 g/mol. The fourth-order valence-corrected chi connectivity index (χ4v) is 3.55. The van der Waals surface area contributed by atoms with Crippen molar-refractivity contribution in [3.8, 4) is 0 Å². The first-order chi connectivity index (χ1) is 13.3. The minimum atomic E-state index is 0.0138. The largest absolute Gasteiger partial charge is 0.309 e. The zero-order valence-corrected chi connectivity index (χ0v) is 15.3. The van der Waals surface area contributed by atoms with Gasteiger partial charge in [0.2, 0.25) is 5.91 Å². The molecule has 138 valence electrons. The molecular weight excluding hydrogens is 336 g/mol. The van der Waals surface area contributed by atoms with Crippen molar-refractivity contribution < 1.29 is 4.79 Å². The van der Waals surface area contributed by atoms with E-state index in [1.165, 1.54) is 11.1 Å². The van der Waals surface area contributed by atoms with Gasteiger partial charge in [0.25, 0.3) is 0 Å². The van der Waals surface area contributed by atoms with Crippen molar-refractivity contribution >= 4 is 11.7 Å². The molecule has 0 fully saturated rings. The Morgan fingerprint density at radius 2 is 1.74 bits per heavy atom. The van der Waals surface area contributed by atoms with E-state index in [1.54, 1.807) is 0 Å². The summed E-state index contributed by atoms with van der Waals surface area (Å²) in [6, 6.07) is 20.6. The lowest BCUT2D eigenvalue weighted by Crippen LogP contribution is -2.30. The number of nitrogens with one attached hydrogen (secondary N) is 2. The van der Waals surface area contributed by atoms with Crippen LogP contribution in [0.4, 0.5) is 5.82 Å². The number of aryl methyl sites for hydroxylation is 1. The van der Waals surface area contributed by atoms with Crippen LogP contribution in [0.2, 0.25) is 0 Å². The van der Waals surface area contributed by atoms with Crippen LogP contribution >= 0.6 is 0 Å². The number of fused-ring (bicyclic) bond motifs is 1. The predicted octanol–water partition coefficient (Wildman–Crippen LogP) is 3.54. The van der Waals surface area contributed by atoms with Gasteiger partial charge in [0.1, 0.15) is 0 Å². The predicted molar refractivity (Wildman–Crippen MR) is 106 cm³/mol. The van der Waals surface area contributed by atoms with Crippen molar-refractivity contribution in [2.45, 2.75) is 32.4 Å². The van der Waals surface area contributed by atoms with Gasteiger partial charge < -0.3 is 5.32 Å². The minimum absolute atomic E-state index is 0.0138. The molecule has 3 aromatic rings. The third kappa shape index (κ3) is 4.44. The Morgan fingerprint density at radius 1 is 1.04 bits per heavy atom. The summed E-state index contributed by atoms with van der Waals surface area (Å²) in [5.41, 5.74) is 4.74. The highest BCUT2D eigenvalue weighted by atomic mass is 16.1. The van der Waals surface area contributed by atoms with E-state index in [0.717, 1.165) is 43.7 Å². The molecule has 5 heteroatoms. The number of amides is 1. The molecule has 5 nitrogen and oxygen atoms in total. The summed E-state index contributed by atoms with van der Waals surface area (Å²) >= 11 is 0. The Kier molecular flexibility index (Phi) is 5.30. The molecule has 27 heavy (non-hydrogen) atoms. The molecule has 2 N–H and O–H groups in total. The van der Waals surface area contributed by atoms with Gasteiger partial charge in [0.15, 0.2) is 5.82 Å². The number of carbonyl (C=O) groups is 1. The van der Waals surface area contributed by atoms with Gasteiger partial charge in [-0.2, -0.15) is 5.10 Å². The Hall–Kier alpha value is -2.92. The van der Waals surface area contributed by atoms with E-state index in [2.05, 4.69) is 44.7 Å². The molecule has 0 atom stereocenters. The van der Waals surface area contributed by atoms with Crippen LogP contribution in [0.1, 0.15) is 28.8 Å². The van der Waals surface area contributed by atoms with Crippen molar-refractivity contribution in [1.29, 1.82) is 0 Å². The number of rotatable bonds is 6. The van der Waals surface area contributed by atoms with Gasteiger partial charge >= 0.3 is 0 Å². The molecule has 2 aromatic carbocycles. The lowest BCUT2D eigenvalue weighted by atomic mass is 10.1. The second-order valence-corrected chi connectivity index (χ2v) is 7.01. The molecule has 0 saturated heterocycles. The smallest absolute Gasteiger partial charge is 0.225 e. The van der Waals surface area contributed by atoms with Gasteiger partial charge in [-0.15, -0.1) is 0 Å². The molecule has 0 saturated carbocycles. The molecule has 0 spiro atoms. The van der Waals surface area contributed by atoms with Crippen molar-refractivity contribution in [3.05, 3.63) is 83.0 Å². The number of H-pyrrole nitrogens is 1. The summed E-state index contributed by atoms with van der Waals surface area (Å²) < 4.78 is 0. The summed E-state index contributed by atoms with van der Waals surface area (Å²) in [6.45, 7) is 2.73. The maximum atomic E-state index is 12.3. The van der Waals surface area contributed by atoms with Crippen LogP contribution in [-0.2, 0) is 30.7 Å². The first-order valence-electron chi connectivity index (χ1n) is 9.44. The van der Waals surface area contributed by atoms with Gasteiger partial charge in [-0.3, -0.25) is 14.8 Å². The highest BCUT2D eigenvalue weighted by molar-refractivity contribution is 5.90. The lowest BCUT2D eigenvalue weighted by Gasteiger charge is -2.26. The highest BCUT2D eigenvalue weighted by Gasteiger charge is 2.22. The van der Waals surface area contributed by atoms with E-state index in [1.807, 2.05) is 36.4 Å². The summed E-state index contributed by atoms with van der Waals surface area (Å²) in [5.74, 6) is 0.710. The number of hydrogen-bond donors (Lipinski definition) is 2. The molecule has 1 aliphatic heterocycles. The van der Waals surface area contributed by atoms with Crippen LogP contribution in [0, 0.1) is 0 Å². The molecule has 0 aliphatic carbocycles. The first kappa shape index (κ1) is 17.5. The normalized spacial score (nSPS) is 13.9. The van der Waals surface area contributed by atoms with Crippen LogP contribution in [0.5, 0.6) is 0 Å². The Labute approximate surface area is 159 Å². The number of anilines is 1. The second-order valence-electron chi connectivity index (χ2n) is 7.01. The van der Waals surface area contributed by atoms with E-state index in [0.29, 0.717) is 12.2 Å². The van der Waals surface area contributed by atoms with Crippen LogP contribution in [0.15, 0.2) is 60.7 Å². The quantitative estimate of drug-likeness (QED) is 0.707. The van der Waals surface area contributed by atoms with Gasteiger partial charge in [-0.1, -0.05) is 60.7 Å². The number of aromatic nitrogens is 2. The number of hydrogen-bond acceptors (Lipinski definition) is 3. The maximum Gasteiger partial charge on any atom is 0.225 e. The molecular formula is C22H24N4O. The van der Waals surface area contributed by atoms with Crippen molar-refractivity contribution in [2.24, 2.45) is 0 Å². The number of nitrogens with zero attached hydrogens (tertiary/aromatic N) is 2. The van der Waals surface area contributed by atoms with E-state index in [9.17, 15) is 4.79 Å². The Balaban J connectivity index is 1.33. The van der Waals surface area contributed by atoms with Crippen LogP contribution in [-0.4, -0.2) is 27.5 Å². The Bertz CT molecular complexity index is 889. The molecule has 4 rings (SSSR count). The number of aromatic amines is 1. The lowest BCUT2D eigenvalue weighted by molar-refractivity contribution is -0.116. The van der Waals surface area contributed by atoms with Crippen LogP contribution in [0.3, 0.4) is 0 Å². The molecule has 0 unspecified atom stereocenters. The summed E-state index contributed by atoms with van der Waals surface area (Å²) in [6.07, 6.45) is 2.10. The van der Waals surface area contributed by atoms with E-state index in [-0.39, 0.29) is 5.91 Å². The van der Waals surface area contributed by atoms with Crippen molar-refractivity contribution in [3.63, 3.8) is 0 Å². The van der Waals surface area contributed by atoms with Gasteiger partial charge in [-0.05, 0) is 24.0 Å². The van der Waals surface area contributed by atoms with Crippen LogP contribution in [0.25, 0.3) is 0 Å². The minimum Gasteiger partial charge on any atom is -0.309 e. The number of carbonyl (C=O) groups excluding carboxylic acids is 1. The maximum absolute atomic E-state index is 12.3. The first-order valence-corrected chi connectivity index (χ1v) is 9.44. The fraction of sp³-hybridized carbons (Fsp3) is 0.273. The van der Waals surface area contributed by atoms with E-state index in [4.69, 9.17) is 0 Å². The SMILES string of the molecule is O=C(CCc1ccccc1)Nc1n[nH]c2c1CCN(Cc1ccccc1)C2. The zero-order chi connectivity index (χ0) is 18.5.